The summed E-state index contributed by atoms with van der Waals surface area (Å²) in [5, 5.41) is 5.42. The normalized spacial score (nSPS) is 16.7. The van der Waals surface area contributed by atoms with Crippen molar-refractivity contribution < 1.29 is 17.6 Å². The number of amides is 1. The van der Waals surface area contributed by atoms with E-state index in [9.17, 15) is 17.6 Å². The van der Waals surface area contributed by atoms with Crippen LogP contribution in [0.25, 0.3) is 0 Å². The van der Waals surface area contributed by atoms with Gasteiger partial charge in [0.15, 0.2) is 0 Å². The van der Waals surface area contributed by atoms with Gasteiger partial charge in [-0.25, -0.2) is 17.5 Å². The third kappa shape index (κ3) is 4.23. The number of benzene rings is 1. The highest BCUT2D eigenvalue weighted by Crippen LogP contribution is 2.20. The number of anilines is 1. The highest BCUT2D eigenvalue weighted by Gasteiger charge is 2.22. The highest BCUT2D eigenvalue weighted by molar-refractivity contribution is 7.89. The number of nitrogens with one attached hydrogen (secondary N) is 3. The fourth-order valence-corrected chi connectivity index (χ4v) is 3.52. The molecule has 0 saturated carbocycles. The zero-order chi connectivity index (χ0) is 15.5. The predicted molar refractivity (Wildman–Crippen MR) is 76.9 cm³/mol. The molecule has 0 bridgehead atoms. The molecule has 1 aromatic rings. The molecule has 0 spiro atoms. The van der Waals surface area contributed by atoms with Gasteiger partial charge in [0.2, 0.25) is 15.9 Å². The molecule has 0 unspecified atom stereocenters. The molecule has 1 fully saturated rings. The average molecular weight is 315 g/mol. The molecule has 116 valence electrons. The maximum atomic E-state index is 13.5. The summed E-state index contributed by atoms with van der Waals surface area (Å²) in [5.74, 6) is -1.14. The van der Waals surface area contributed by atoms with Crippen LogP contribution in [0.4, 0.5) is 10.1 Å². The van der Waals surface area contributed by atoms with Gasteiger partial charge >= 0.3 is 0 Å². The van der Waals surface area contributed by atoms with Crippen LogP contribution in [0.2, 0.25) is 0 Å². The lowest BCUT2D eigenvalue weighted by molar-refractivity contribution is -0.114. The summed E-state index contributed by atoms with van der Waals surface area (Å²) in [6.07, 6.45) is 1.41. The minimum atomic E-state index is -3.73. The Bertz CT molecular complexity index is 628. The summed E-state index contributed by atoms with van der Waals surface area (Å²) in [4.78, 5) is 10.9. The van der Waals surface area contributed by atoms with Crippen molar-refractivity contribution in [2.75, 3.05) is 18.4 Å². The van der Waals surface area contributed by atoms with Crippen LogP contribution in [0.15, 0.2) is 23.1 Å². The Kier molecular flexibility index (Phi) is 4.92. The minimum Gasteiger partial charge on any atom is -0.324 e. The summed E-state index contributed by atoms with van der Waals surface area (Å²) in [6.45, 7) is 2.75. The van der Waals surface area contributed by atoms with E-state index in [4.69, 9.17) is 0 Å². The van der Waals surface area contributed by atoms with Crippen molar-refractivity contribution >= 4 is 21.6 Å². The first-order valence-electron chi connectivity index (χ1n) is 6.69. The van der Waals surface area contributed by atoms with E-state index in [1.165, 1.54) is 13.0 Å². The Labute approximate surface area is 123 Å². The van der Waals surface area contributed by atoms with Gasteiger partial charge < -0.3 is 10.6 Å². The molecule has 3 N–H and O–H groups in total. The fraction of sp³-hybridized carbons (Fsp3) is 0.462. The predicted octanol–water partition coefficient (Wildman–Crippen LogP) is 0.814. The van der Waals surface area contributed by atoms with Crippen molar-refractivity contribution in [1.82, 2.24) is 10.0 Å². The molecule has 1 aromatic carbocycles. The van der Waals surface area contributed by atoms with Crippen LogP contribution in [0.5, 0.6) is 0 Å². The first-order valence-corrected chi connectivity index (χ1v) is 8.17. The molecule has 0 aliphatic carbocycles. The zero-order valence-corrected chi connectivity index (χ0v) is 12.5. The van der Waals surface area contributed by atoms with Gasteiger partial charge in [-0.2, -0.15) is 0 Å². The van der Waals surface area contributed by atoms with E-state index in [0.29, 0.717) is 12.8 Å². The number of hydrogen-bond donors (Lipinski definition) is 3. The van der Waals surface area contributed by atoms with Gasteiger partial charge in [0.25, 0.3) is 0 Å². The second-order valence-corrected chi connectivity index (χ2v) is 6.68. The summed E-state index contributed by atoms with van der Waals surface area (Å²) < 4.78 is 40.7. The Balaban J connectivity index is 2.20. The lowest BCUT2D eigenvalue weighted by atomic mass is 10.1. The Morgan fingerprint density at radius 3 is 2.62 bits per heavy atom. The molecule has 0 aromatic heterocycles. The van der Waals surface area contributed by atoms with Crippen molar-refractivity contribution in [3.8, 4) is 0 Å². The third-order valence-electron chi connectivity index (χ3n) is 3.22. The molecule has 2 rings (SSSR count). The molecule has 0 atom stereocenters. The number of halogens is 1. The van der Waals surface area contributed by atoms with Crippen molar-refractivity contribution in [3.63, 3.8) is 0 Å². The van der Waals surface area contributed by atoms with Crippen LogP contribution in [0, 0.1) is 5.82 Å². The summed E-state index contributed by atoms with van der Waals surface area (Å²) in [6, 6.07) is 3.21. The molecule has 6 nitrogen and oxygen atoms in total. The van der Waals surface area contributed by atoms with Crippen LogP contribution in [0.1, 0.15) is 19.8 Å². The van der Waals surface area contributed by atoms with E-state index in [1.54, 1.807) is 0 Å². The van der Waals surface area contributed by atoms with Gasteiger partial charge in [0.05, 0.1) is 10.6 Å². The van der Waals surface area contributed by atoms with Gasteiger partial charge in [-0.15, -0.1) is 0 Å². The van der Waals surface area contributed by atoms with Crippen LogP contribution in [-0.2, 0) is 14.8 Å². The fourth-order valence-electron chi connectivity index (χ4n) is 2.18. The summed E-state index contributed by atoms with van der Waals surface area (Å²) in [7, 11) is -3.73. The molecule has 8 heteroatoms. The summed E-state index contributed by atoms with van der Waals surface area (Å²) in [5.41, 5.74) is -0.143. The largest absolute Gasteiger partial charge is 0.324 e. The van der Waals surface area contributed by atoms with Crippen molar-refractivity contribution in [2.45, 2.75) is 30.7 Å². The smallest absolute Gasteiger partial charge is 0.240 e. The van der Waals surface area contributed by atoms with Crippen molar-refractivity contribution in [1.29, 1.82) is 0 Å². The van der Waals surface area contributed by atoms with Crippen LogP contribution >= 0.6 is 0 Å². The number of piperidine rings is 1. The van der Waals surface area contributed by atoms with Gasteiger partial charge in [0, 0.05) is 13.0 Å². The standard InChI is InChI=1S/C13H18FN3O3S/c1-9(18)16-13-8-11(2-3-12(13)14)21(19,20)17-10-4-6-15-7-5-10/h2-3,8,10,15,17H,4-7H2,1H3,(H,16,18). The second-order valence-electron chi connectivity index (χ2n) is 4.97. The first kappa shape index (κ1) is 15.9. The molecule has 1 aliphatic heterocycles. The number of hydrogen-bond acceptors (Lipinski definition) is 4. The quantitative estimate of drug-likeness (QED) is 0.767. The lowest BCUT2D eigenvalue weighted by Gasteiger charge is -2.23. The van der Waals surface area contributed by atoms with Gasteiger partial charge in [-0.1, -0.05) is 0 Å². The van der Waals surface area contributed by atoms with E-state index >= 15 is 0 Å². The number of carbonyl (C=O) groups excluding carboxylic acids is 1. The maximum Gasteiger partial charge on any atom is 0.240 e. The minimum absolute atomic E-state index is 0.0637. The molecule has 21 heavy (non-hydrogen) atoms. The van der Waals surface area contributed by atoms with E-state index < -0.39 is 21.7 Å². The lowest BCUT2D eigenvalue weighted by Crippen LogP contribution is -2.42. The van der Waals surface area contributed by atoms with E-state index in [1.807, 2.05) is 0 Å². The molecule has 0 radical (unpaired) electrons. The number of carbonyl (C=O) groups is 1. The monoisotopic (exact) mass is 315 g/mol. The molecule has 1 amide bonds. The molecule has 1 saturated heterocycles. The molecule has 1 heterocycles. The highest BCUT2D eigenvalue weighted by atomic mass is 32.2. The number of rotatable bonds is 4. The van der Waals surface area contributed by atoms with E-state index in [-0.39, 0.29) is 16.6 Å². The Hall–Kier alpha value is -1.51. The van der Waals surface area contributed by atoms with Crippen molar-refractivity contribution in [3.05, 3.63) is 24.0 Å². The van der Waals surface area contributed by atoms with Gasteiger partial charge in [-0.3, -0.25) is 4.79 Å². The van der Waals surface area contributed by atoms with Crippen LogP contribution in [0.3, 0.4) is 0 Å². The van der Waals surface area contributed by atoms with Crippen molar-refractivity contribution in [2.24, 2.45) is 0 Å². The topological polar surface area (TPSA) is 87.3 Å². The second kappa shape index (κ2) is 6.50. The molecular formula is C13H18FN3O3S. The zero-order valence-electron chi connectivity index (χ0n) is 11.6. The third-order valence-corrected chi connectivity index (χ3v) is 4.74. The van der Waals surface area contributed by atoms with E-state index in [0.717, 1.165) is 25.2 Å². The van der Waals surface area contributed by atoms with Crippen LogP contribution in [-0.4, -0.2) is 33.5 Å². The van der Waals surface area contributed by atoms with Gasteiger partial charge in [-0.05, 0) is 44.1 Å². The van der Waals surface area contributed by atoms with E-state index in [2.05, 4.69) is 15.4 Å². The molecule has 1 aliphatic rings. The molecular weight excluding hydrogens is 297 g/mol. The Morgan fingerprint density at radius 2 is 2.00 bits per heavy atom. The maximum absolute atomic E-state index is 13.5. The Morgan fingerprint density at radius 1 is 1.33 bits per heavy atom. The number of sulfonamides is 1. The SMILES string of the molecule is CC(=O)Nc1cc(S(=O)(=O)NC2CCNCC2)ccc1F. The average Bonchev–Trinajstić information content (AvgIpc) is 2.41. The van der Waals surface area contributed by atoms with Gasteiger partial charge in [0.1, 0.15) is 5.82 Å². The summed E-state index contributed by atoms with van der Waals surface area (Å²) >= 11 is 0. The first-order chi connectivity index (χ1) is 9.88. The van der Waals surface area contributed by atoms with Crippen LogP contribution < -0.4 is 15.4 Å².